The summed E-state index contributed by atoms with van der Waals surface area (Å²) < 4.78 is 0. The van der Waals surface area contributed by atoms with Crippen LogP contribution in [0.15, 0.2) is 0 Å². The van der Waals surface area contributed by atoms with Crippen LogP contribution in [0.4, 0.5) is 0 Å². The van der Waals surface area contributed by atoms with E-state index < -0.39 is 0 Å². The fraction of sp³-hybridized carbons (Fsp3) is 1.00. The lowest BCUT2D eigenvalue weighted by molar-refractivity contribution is 0.0923. The molecule has 0 aromatic rings. The Bertz CT molecular complexity index is 150. The Labute approximate surface area is 93.1 Å². The van der Waals surface area contributed by atoms with E-state index in [2.05, 4.69) is 29.5 Å². The Hall–Kier alpha value is 0.270. The first-order valence-electron chi connectivity index (χ1n) is 5.86. The minimum absolute atomic E-state index is 0.679. The molecule has 2 nitrogen and oxygen atoms in total. The molecule has 0 unspecified atom stereocenters. The summed E-state index contributed by atoms with van der Waals surface area (Å²) in [5.74, 6) is 0. The van der Waals surface area contributed by atoms with Crippen LogP contribution >= 0.6 is 12.6 Å². The first-order valence-corrected chi connectivity index (χ1v) is 6.38. The molecule has 1 aliphatic carbocycles. The number of nitrogens with zero attached hydrogens (tertiary/aromatic N) is 2. The maximum atomic E-state index is 4.55. The van der Waals surface area contributed by atoms with E-state index in [0.717, 1.165) is 6.04 Å². The summed E-state index contributed by atoms with van der Waals surface area (Å²) in [5.41, 5.74) is 0. The van der Waals surface area contributed by atoms with Gasteiger partial charge in [-0.05, 0) is 32.7 Å². The van der Waals surface area contributed by atoms with Crippen molar-refractivity contribution >= 4 is 12.6 Å². The van der Waals surface area contributed by atoms with Crippen molar-refractivity contribution in [1.29, 1.82) is 0 Å². The fourth-order valence-corrected chi connectivity index (χ4v) is 2.91. The Morgan fingerprint density at radius 1 is 0.929 bits per heavy atom. The van der Waals surface area contributed by atoms with Crippen molar-refractivity contribution in [2.24, 2.45) is 0 Å². The predicted molar refractivity (Wildman–Crippen MR) is 64.1 cm³/mol. The first kappa shape index (κ1) is 10.8. The van der Waals surface area contributed by atoms with E-state index in [1.54, 1.807) is 0 Å². The molecule has 14 heavy (non-hydrogen) atoms. The molecule has 2 rings (SSSR count). The van der Waals surface area contributed by atoms with Gasteiger partial charge in [-0.1, -0.05) is 0 Å². The molecule has 0 spiro atoms. The third-order valence-electron chi connectivity index (χ3n) is 3.72. The molecule has 0 bridgehead atoms. The van der Waals surface area contributed by atoms with Crippen LogP contribution in [-0.4, -0.2) is 54.3 Å². The van der Waals surface area contributed by atoms with Crippen molar-refractivity contribution in [3.05, 3.63) is 0 Å². The van der Waals surface area contributed by atoms with Gasteiger partial charge in [-0.3, -0.25) is 4.90 Å². The second-order valence-corrected chi connectivity index (χ2v) is 5.53. The monoisotopic (exact) mass is 214 g/mol. The molecule has 2 fully saturated rings. The van der Waals surface area contributed by atoms with Crippen LogP contribution in [0.5, 0.6) is 0 Å². The SMILES string of the molecule is CN1CCN([C@H]2CC[C@H](S)CC2)CC1. The van der Waals surface area contributed by atoms with Gasteiger partial charge in [-0.2, -0.15) is 12.6 Å². The van der Waals surface area contributed by atoms with Gasteiger partial charge in [0, 0.05) is 37.5 Å². The minimum atomic E-state index is 0.679. The molecule has 0 radical (unpaired) electrons. The van der Waals surface area contributed by atoms with E-state index in [4.69, 9.17) is 0 Å². The smallest absolute Gasteiger partial charge is 0.0113 e. The van der Waals surface area contributed by atoms with Crippen LogP contribution in [0.3, 0.4) is 0 Å². The zero-order valence-electron chi connectivity index (χ0n) is 9.15. The standard InChI is InChI=1S/C11H22N2S/c1-12-6-8-13(9-7-12)10-2-4-11(14)5-3-10/h10-11,14H,2-9H2,1H3/t10-,11-. The molecule has 0 N–H and O–H groups in total. The summed E-state index contributed by atoms with van der Waals surface area (Å²) in [6, 6.07) is 0.868. The summed E-state index contributed by atoms with van der Waals surface area (Å²) in [4.78, 5) is 5.13. The number of hydrogen-bond acceptors (Lipinski definition) is 3. The number of rotatable bonds is 1. The van der Waals surface area contributed by atoms with Crippen molar-refractivity contribution in [3.63, 3.8) is 0 Å². The molecule has 0 amide bonds. The Morgan fingerprint density at radius 2 is 1.50 bits per heavy atom. The Balaban J connectivity index is 1.78. The molecule has 0 aromatic heterocycles. The van der Waals surface area contributed by atoms with Gasteiger partial charge in [0.15, 0.2) is 0 Å². The van der Waals surface area contributed by atoms with Gasteiger partial charge in [-0.15, -0.1) is 0 Å². The fourth-order valence-electron chi connectivity index (χ4n) is 2.61. The lowest BCUT2D eigenvalue weighted by Crippen LogP contribution is -2.49. The van der Waals surface area contributed by atoms with Crippen molar-refractivity contribution < 1.29 is 0 Å². The highest BCUT2D eigenvalue weighted by atomic mass is 32.1. The van der Waals surface area contributed by atoms with Gasteiger partial charge in [0.05, 0.1) is 0 Å². The third kappa shape index (κ3) is 2.65. The van der Waals surface area contributed by atoms with Crippen molar-refractivity contribution in [2.45, 2.75) is 37.0 Å². The number of piperazine rings is 1. The molecule has 82 valence electrons. The predicted octanol–water partition coefficient (Wildman–Crippen LogP) is 1.47. The molecule has 1 saturated heterocycles. The summed E-state index contributed by atoms with van der Waals surface area (Å²) in [6.45, 7) is 5.05. The molecule has 1 saturated carbocycles. The van der Waals surface area contributed by atoms with E-state index >= 15 is 0 Å². The molecule has 0 aromatic carbocycles. The quantitative estimate of drug-likeness (QED) is 0.661. The van der Waals surface area contributed by atoms with Crippen LogP contribution in [0, 0.1) is 0 Å². The van der Waals surface area contributed by atoms with Gasteiger partial charge >= 0.3 is 0 Å². The van der Waals surface area contributed by atoms with Gasteiger partial charge in [0.1, 0.15) is 0 Å². The normalized spacial score (nSPS) is 37.3. The molecular formula is C11H22N2S. The van der Waals surface area contributed by atoms with Crippen molar-refractivity contribution in [2.75, 3.05) is 33.2 Å². The Kier molecular flexibility index (Phi) is 3.74. The van der Waals surface area contributed by atoms with Gasteiger partial charge in [0.25, 0.3) is 0 Å². The largest absolute Gasteiger partial charge is 0.304 e. The second-order valence-electron chi connectivity index (χ2n) is 4.80. The summed E-state index contributed by atoms with van der Waals surface area (Å²) in [5, 5.41) is 0.679. The highest BCUT2D eigenvalue weighted by Crippen LogP contribution is 2.26. The van der Waals surface area contributed by atoms with Gasteiger partial charge in [-0.25, -0.2) is 0 Å². The van der Waals surface area contributed by atoms with E-state index in [9.17, 15) is 0 Å². The van der Waals surface area contributed by atoms with Crippen molar-refractivity contribution in [3.8, 4) is 0 Å². The summed E-state index contributed by atoms with van der Waals surface area (Å²) in [7, 11) is 2.22. The lowest BCUT2D eigenvalue weighted by atomic mass is 9.93. The van der Waals surface area contributed by atoms with Crippen molar-refractivity contribution in [1.82, 2.24) is 9.80 Å². The van der Waals surface area contributed by atoms with E-state index in [1.165, 1.54) is 51.9 Å². The molecule has 0 atom stereocenters. The van der Waals surface area contributed by atoms with Gasteiger partial charge < -0.3 is 4.90 Å². The van der Waals surface area contributed by atoms with Gasteiger partial charge in [0.2, 0.25) is 0 Å². The average Bonchev–Trinajstić information content (AvgIpc) is 2.21. The molecular weight excluding hydrogens is 192 g/mol. The number of likely N-dealkylation sites (N-methyl/N-ethyl adjacent to an activating group) is 1. The van der Waals surface area contributed by atoms with Crippen LogP contribution in [0.2, 0.25) is 0 Å². The van der Waals surface area contributed by atoms with E-state index in [1.807, 2.05) is 0 Å². The molecule has 1 aliphatic heterocycles. The summed E-state index contributed by atoms with van der Waals surface area (Å²) >= 11 is 4.55. The maximum absolute atomic E-state index is 4.55. The first-order chi connectivity index (χ1) is 6.75. The molecule has 2 aliphatic rings. The lowest BCUT2D eigenvalue weighted by Gasteiger charge is -2.40. The highest BCUT2D eigenvalue weighted by molar-refractivity contribution is 7.80. The van der Waals surface area contributed by atoms with E-state index in [0.29, 0.717) is 5.25 Å². The number of hydrogen-bond donors (Lipinski definition) is 1. The Morgan fingerprint density at radius 3 is 2.07 bits per heavy atom. The van der Waals surface area contributed by atoms with E-state index in [-0.39, 0.29) is 0 Å². The zero-order chi connectivity index (χ0) is 9.97. The van der Waals surface area contributed by atoms with Crippen LogP contribution < -0.4 is 0 Å². The third-order valence-corrected chi connectivity index (χ3v) is 4.24. The topological polar surface area (TPSA) is 6.48 Å². The molecule has 1 heterocycles. The van der Waals surface area contributed by atoms with Crippen LogP contribution in [0.25, 0.3) is 0 Å². The number of thiol groups is 1. The zero-order valence-corrected chi connectivity index (χ0v) is 10.0. The minimum Gasteiger partial charge on any atom is -0.304 e. The maximum Gasteiger partial charge on any atom is 0.0113 e. The summed E-state index contributed by atoms with van der Waals surface area (Å²) in [6.07, 6.45) is 5.38. The van der Waals surface area contributed by atoms with Crippen LogP contribution in [-0.2, 0) is 0 Å². The van der Waals surface area contributed by atoms with Crippen LogP contribution in [0.1, 0.15) is 25.7 Å². The molecule has 3 heteroatoms. The second kappa shape index (κ2) is 4.86. The highest BCUT2D eigenvalue weighted by Gasteiger charge is 2.26. The average molecular weight is 214 g/mol.